The van der Waals surface area contributed by atoms with Crippen molar-refractivity contribution in [2.75, 3.05) is 0 Å². The van der Waals surface area contributed by atoms with E-state index in [4.69, 9.17) is 4.98 Å². The van der Waals surface area contributed by atoms with Crippen molar-refractivity contribution in [3.05, 3.63) is 182 Å². The van der Waals surface area contributed by atoms with Gasteiger partial charge in [-0.3, -0.25) is 8.97 Å². The third kappa shape index (κ3) is 4.15. The summed E-state index contributed by atoms with van der Waals surface area (Å²) in [5.74, 6) is 0.882. The molecule has 12 rings (SSSR count). The lowest BCUT2D eigenvalue weighted by atomic mass is 10.0. The molecule has 5 heterocycles. The Morgan fingerprint density at radius 1 is 0.407 bits per heavy atom. The second kappa shape index (κ2) is 11.3. The molecule has 0 N–H and O–H groups in total. The smallest absolute Gasteiger partial charge is 0.220 e. The van der Waals surface area contributed by atoms with E-state index >= 15 is 0 Å². The molecule has 5 aromatic heterocycles. The SMILES string of the molecule is c1ccc(-n2c3ccccc3c3cc(-c4ccc5c(c4)c4ccccc4n5-c4nc(-c5cccc6c5sc5ccccc56)c5ccccn45)ccc32)cc1. The molecule has 0 atom stereocenters. The first kappa shape index (κ1) is 29.6. The van der Waals surface area contributed by atoms with Crippen molar-refractivity contribution >= 4 is 80.6 Å². The number of rotatable bonds is 4. The van der Waals surface area contributed by atoms with Crippen molar-refractivity contribution in [3.63, 3.8) is 0 Å². The minimum Gasteiger partial charge on any atom is -0.309 e. The average molecular weight is 707 g/mol. The number of pyridine rings is 1. The van der Waals surface area contributed by atoms with Crippen LogP contribution < -0.4 is 0 Å². The molecule has 0 saturated heterocycles. The highest BCUT2D eigenvalue weighted by molar-refractivity contribution is 7.26. The van der Waals surface area contributed by atoms with Gasteiger partial charge in [-0.1, -0.05) is 109 Å². The van der Waals surface area contributed by atoms with E-state index in [0.29, 0.717) is 0 Å². The maximum atomic E-state index is 5.52. The summed E-state index contributed by atoms with van der Waals surface area (Å²) in [5.41, 5.74) is 11.5. The van der Waals surface area contributed by atoms with Gasteiger partial charge in [0.1, 0.15) is 0 Å². The van der Waals surface area contributed by atoms with Gasteiger partial charge < -0.3 is 4.57 Å². The van der Waals surface area contributed by atoms with E-state index in [1.165, 1.54) is 69.6 Å². The lowest BCUT2D eigenvalue weighted by molar-refractivity contribution is 0.983. The zero-order valence-electron chi connectivity index (χ0n) is 29.0. The predicted octanol–water partition coefficient (Wildman–Crippen LogP) is 13.2. The van der Waals surface area contributed by atoms with Gasteiger partial charge in [-0.05, 0) is 77.9 Å². The summed E-state index contributed by atoms with van der Waals surface area (Å²) >= 11 is 1.85. The van der Waals surface area contributed by atoms with Crippen LogP contribution in [0.2, 0.25) is 0 Å². The second-order valence-electron chi connectivity index (χ2n) is 14.0. The molecule has 0 radical (unpaired) electrons. The van der Waals surface area contributed by atoms with Crippen molar-refractivity contribution in [1.82, 2.24) is 18.5 Å². The number of imidazole rings is 1. The molecule has 0 amide bonds. The van der Waals surface area contributed by atoms with Crippen molar-refractivity contribution in [2.24, 2.45) is 0 Å². The Morgan fingerprint density at radius 3 is 1.74 bits per heavy atom. The third-order valence-corrected chi connectivity index (χ3v) is 12.3. The topological polar surface area (TPSA) is 27.2 Å². The predicted molar refractivity (Wildman–Crippen MR) is 228 cm³/mol. The van der Waals surface area contributed by atoms with Crippen LogP contribution in [-0.4, -0.2) is 18.5 Å². The van der Waals surface area contributed by atoms with E-state index < -0.39 is 0 Å². The highest BCUT2D eigenvalue weighted by atomic mass is 32.1. The van der Waals surface area contributed by atoms with Gasteiger partial charge in [0.15, 0.2) is 0 Å². The standard InChI is InChI=1S/C49H30N4S/c1-2-13-33(14-3-1)52-41-20-7-4-15-34(41)39-29-31(24-26-43(39)52)32-25-27-44-40(30-32)35-16-5-8-21-42(35)53(44)49-50-47(45-22-10-11-28-51(45)49)38-19-12-18-37-36-17-6-9-23-46(36)54-48(37)38/h1-30H. The quantitative estimate of drug-likeness (QED) is 0.179. The summed E-state index contributed by atoms with van der Waals surface area (Å²) < 4.78 is 9.52. The Balaban J connectivity index is 1.06. The van der Waals surface area contributed by atoms with Gasteiger partial charge in [-0.25, -0.2) is 4.98 Å². The molecule has 0 fully saturated rings. The van der Waals surface area contributed by atoms with Gasteiger partial charge in [0.25, 0.3) is 0 Å². The number of hydrogen-bond donors (Lipinski definition) is 0. The number of nitrogens with zero attached hydrogens (tertiary/aromatic N) is 4. The number of benzene rings is 7. The molecule has 0 aliphatic carbocycles. The van der Waals surface area contributed by atoms with Gasteiger partial charge in [0.05, 0.1) is 33.3 Å². The highest BCUT2D eigenvalue weighted by Gasteiger charge is 2.22. The summed E-state index contributed by atoms with van der Waals surface area (Å²) in [7, 11) is 0. The van der Waals surface area contributed by atoms with E-state index in [2.05, 4.69) is 196 Å². The van der Waals surface area contributed by atoms with Crippen LogP contribution in [0.4, 0.5) is 0 Å². The Bertz CT molecular complexity index is 3450. The van der Waals surface area contributed by atoms with Gasteiger partial charge in [-0.2, -0.15) is 0 Å². The Hall–Kier alpha value is -6.95. The third-order valence-electron chi connectivity index (χ3n) is 11.1. The summed E-state index contributed by atoms with van der Waals surface area (Å²) in [6.07, 6.45) is 2.14. The Kier molecular flexibility index (Phi) is 6.18. The molecule has 0 spiro atoms. The van der Waals surface area contributed by atoms with E-state index in [1.807, 2.05) is 11.3 Å². The van der Waals surface area contributed by atoms with Crippen LogP contribution in [0.5, 0.6) is 0 Å². The zero-order chi connectivity index (χ0) is 35.3. The van der Waals surface area contributed by atoms with E-state index in [-0.39, 0.29) is 0 Å². The first-order valence-corrected chi connectivity index (χ1v) is 19.1. The van der Waals surface area contributed by atoms with E-state index in [0.717, 1.165) is 33.8 Å². The molecule has 4 nitrogen and oxygen atoms in total. The summed E-state index contributed by atoms with van der Waals surface area (Å²) in [6.45, 7) is 0. The van der Waals surface area contributed by atoms with Crippen molar-refractivity contribution in [1.29, 1.82) is 0 Å². The summed E-state index contributed by atoms with van der Waals surface area (Å²) in [6, 6.07) is 63.6. The van der Waals surface area contributed by atoms with Crippen LogP contribution in [0.25, 0.3) is 103 Å². The molecule has 7 aromatic carbocycles. The first-order valence-electron chi connectivity index (χ1n) is 18.3. The number of hydrogen-bond acceptors (Lipinski definition) is 2. The summed E-state index contributed by atoms with van der Waals surface area (Å²) in [5, 5.41) is 7.48. The molecular weight excluding hydrogens is 677 g/mol. The number of aromatic nitrogens is 4. The molecular formula is C49H30N4S. The molecule has 0 bridgehead atoms. The lowest BCUT2D eigenvalue weighted by Crippen LogP contribution is -2.00. The maximum Gasteiger partial charge on any atom is 0.220 e. The lowest BCUT2D eigenvalue weighted by Gasteiger charge is -2.09. The fourth-order valence-corrected chi connectivity index (χ4v) is 9.90. The zero-order valence-corrected chi connectivity index (χ0v) is 29.8. The minimum absolute atomic E-state index is 0.882. The van der Waals surface area contributed by atoms with Gasteiger partial charge >= 0.3 is 0 Å². The van der Waals surface area contributed by atoms with Crippen LogP contribution >= 0.6 is 11.3 Å². The van der Waals surface area contributed by atoms with Gasteiger partial charge in [0.2, 0.25) is 5.95 Å². The monoisotopic (exact) mass is 706 g/mol. The maximum absolute atomic E-state index is 5.52. The normalized spacial score (nSPS) is 12.1. The highest BCUT2D eigenvalue weighted by Crippen LogP contribution is 2.43. The van der Waals surface area contributed by atoms with E-state index in [1.54, 1.807) is 0 Å². The van der Waals surface area contributed by atoms with Crippen LogP contribution in [0, 0.1) is 0 Å². The number of thiophene rings is 1. The molecule has 252 valence electrons. The second-order valence-corrected chi connectivity index (χ2v) is 15.1. The van der Waals surface area contributed by atoms with Crippen LogP contribution in [0.15, 0.2) is 182 Å². The number of fused-ring (bicyclic) bond motifs is 10. The van der Waals surface area contributed by atoms with Crippen molar-refractivity contribution < 1.29 is 0 Å². The minimum atomic E-state index is 0.882. The molecule has 12 aromatic rings. The molecule has 0 aliphatic heterocycles. The van der Waals surface area contributed by atoms with E-state index in [9.17, 15) is 0 Å². The molecule has 54 heavy (non-hydrogen) atoms. The molecule has 0 unspecified atom stereocenters. The number of para-hydroxylation sites is 3. The van der Waals surface area contributed by atoms with Crippen LogP contribution in [0.3, 0.4) is 0 Å². The van der Waals surface area contributed by atoms with Gasteiger partial charge in [0, 0.05) is 59.2 Å². The Morgan fingerprint density at radius 2 is 0.981 bits per heavy atom. The Labute approximate surface area is 314 Å². The van der Waals surface area contributed by atoms with Crippen LogP contribution in [-0.2, 0) is 0 Å². The van der Waals surface area contributed by atoms with Crippen LogP contribution in [0.1, 0.15) is 0 Å². The van der Waals surface area contributed by atoms with Gasteiger partial charge in [-0.15, -0.1) is 11.3 Å². The average Bonchev–Trinajstić information content (AvgIpc) is 3.98. The van der Waals surface area contributed by atoms with Crippen molar-refractivity contribution in [3.8, 4) is 34.0 Å². The summed E-state index contributed by atoms with van der Waals surface area (Å²) in [4.78, 5) is 5.52. The first-order chi connectivity index (χ1) is 26.8. The molecule has 0 saturated carbocycles. The molecule has 5 heteroatoms. The fourth-order valence-electron chi connectivity index (χ4n) is 8.69. The van der Waals surface area contributed by atoms with Crippen molar-refractivity contribution in [2.45, 2.75) is 0 Å². The largest absolute Gasteiger partial charge is 0.309 e. The molecule has 0 aliphatic rings. The fraction of sp³-hybridized carbons (Fsp3) is 0.